The van der Waals surface area contributed by atoms with Crippen LogP contribution >= 0.6 is 0 Å². The maximum atomic E-state index is 12.6. The first kappa shape index (κ1) is 22.9. The predicted octanol–water partition coefficient (Wildman–Crippen LogP) is 4.40. The number of methoxy groups -OCH3 is 2. The Morgan fingerprint density at radius 3 is 2.53 bits per heavy atom. The SMILES string of the molecule is COc1ccc(CCn2c(C)cc(C(=O)COC(=O)/C=C/c3ccco3)c2C)cc1OC. The minimum Gasteiger partial charge on any atom is -0.493 e. The number of nitrogens with zero attached hydrogens (tertiary/aromatic N) is 1. The number of Topliss-reactive ketones (excluding diaryl/α,β-unsaturated/α-hetero) is 1. The summed E-state index contributed by atoms with van der Waals surface area (Å²) in [6.45, 7) is 4.23. The second-order valence-electron chi connectivity index (χ2n) is 7.26. The molecule has 32 heavy (non-hydrogen) atoms. The molecule has 2 heterocycles. The lowest BCUT2D eigenvalue weighted by Gasteiger charge is -2.12. The molecule has 0 aliphatic rings. The highest BCUT2D eigenvalue weighted by Gasteiger charge is 2.17. The van der Waals surface area contributed by atoms with Crippen LogP contribution < -0.4 is 9.47 Å². The van der Waals surface area contributed by atoms with Crippen molar-refractivity contribution in [1.82, 2.24) is 4.57 Å². The van der Waals surface area contributed by atoms with Gasteiger partial charge in [0.05, 0.1) is 20.5 Å². The molecule has 0 aliphatic carbocycles. The Balaban J connectivity index is 1.61. The van der Waals surface area contributed by atoms with Gasteiger partial charge in [0, 0.05) is 29.6 Å². The summed E-state index contributed by atoms with van der Waals surface area (Å²) in [5.41, 5.74) is 3.46. The normalized spacial score (nSPS) is 11.0. The quantitative estimate of drug-likeness (QED) is 0.266. The lowest BCUT2D eigenvalue weighted by atomic mass is 10.1. The summed E-state index contributed by atoms with van der Waals surface area (Å²) in [5, 5.41) is 0. The number of aromatic nitrogens is 1. The number of rotatable bonds is 10. The first-order valence-electron chi connectivity index (χ1n) is 10.2. The summed E-state index contributed by atoms with van der Waals surface area (Å²) in [6, 6.07) is 11.1. The van der Waals surface area contributed by atoms with Crippen LogP contribution in [0.2, 0.25) is 0 Å². The van der Waals surface area contributed by atoms with Crippen LogP contribution in [0.1, 0.15) is 33.1 Å². The van der Waals surface area contributed by atoms with Gasteiger partial charge >= 0.3 is 5.97 Å². The van der Waals surface area contributed by atoms with Crippen molar-refractivity contribution < 1.29 is 28.2 Å². The minimum atomic E-state index is -0.600. The standard InChI is InChI=1S/C25H27NO6/c1-17-14-21(22(27)16-32-25(28)10-8-20-6-5-13-31-20)18(2)26(17)12-11-19-7-9-23(29-3)24(15-19)30-4/h5-10,13-15H,11-12,16H2,1-4H3/b10-8+. The number of hydrogen-bond donors (Lipinski definition) is 0. The number of hydrogen-bond acceptors (Lipinski definition) is 6. The third-order valence-corrected chi connectivity index (χ3v) is 5.22. The van der Waals surface area contributed by atoms with E-state index in [1.54, 1.807) is 26.4 Å². The van der Waals surface area contributed by atoms with E-state index in [-0.39, 0.29) is 12.4 Å². The molecule has 0 spiro atoms. The van der Waals surface area contributed by atoms with Gasteiger partial charge in [-0.05, 0) is 62.2 Å². The van der Waals surface area contributed by atoms with Crippen molar-refractivity contribution in [3.8, 4) is 11.5 Å². The van der Waals surface area contributed by atoms with E-state index in [9.17, 15) is 9.59 Å². The molecule has 168 valence electrons. The Bertz CT molecular complexity index is 1110. The van der Waals surface area contributed by atoms with Crippen molar-refractivity contribution in [2.45, 2.75) is 26.8 Å². The van der Waals surface area contributed by atoms with Crippen molar-refractivity contribution in [3.63, 3.8) is 0 Å². The number of carbonyl (C=O) groups is 2. The molecule has 0 saturated carbocycles. The van der Waals surface area contributed by atoms with Crippen molar-refractivity contribution in [2.75, 3.05) is 20.8 Å². The van der Waals surface area contributed by atoms with E-state index in [1.165, 1.54) is 18.4 Å². The molecule has 0 amide bonds. The molecule has 3 rings (SSSR count). The van der Waals surface area contributed by atoms with Gasteiger partial charge in [-0.15, -0.1) is 0 Å². The first-order valence-corrected chi connectivity index (χ1v) is 10.2. The topological polar surface area (TPSA) is 79.9 Å². The molecule has 0 fully saturated rings. The van der Waals surface area contributed by atoms with E-state index in [4.69, 9.17) is 18.6 Å². The average molecular weight is 437 g/mol. The first-order chi connectivity index (χ1) is 15.4. The van der Waals surface area contributed by atoms with Crippen LogP contribution in [0.5, 0.6) is 11.5 Å². The highest BCUT2D eigenvalue weighted by molar-refractivity contribution is 6.00. The second-order valence-corrected chi connectivity index (χ2v) is 7.26. The van der Waals surface area contributed by atoms with E-state index in [0.29, 0.717) is 29.4 Å². The van der Waals surface area contributed by atoms with E-state index in [0.717, 1.165) is 23.4 Å². The van der Waals surface area contributed by atoms with Crippen molar-refractivity contribution in [1.29, 1.82) is 0 Å². The van der Waals surface area contributed by atoms with Gasteiger partial charge in [-0.2, -0.15) is 0 Å². The highest BCUT2D eigenvalue weighted by Crippen LogP contribution is 2.28. The molecule has 7 heteroatoms. The fourth-order valence-electron chi connectivity index (χ4n) is 3.50. The van der Waals surface area contributed by atoms with Gasteiger partial charge in [-0.1, -0.05) is 6.07 Å². The number of furan rings is 1. The zero-order chi connectivity index (χ0) is 23.1. The van der Waals surface area contributed by atoms with Gasteiger partial charge in [0.2, 0.25) is 5.78 Å². The monoisotopic (exact) mass is 437 g/mol. The van der Waals surface area contributed by atoms with Crippen LogP contribution in [0, 0.1) is 13.8 Å². The maximum absolute atomic E-state index is 12.6. The molecule has 0 N–H and O–H groups in total. The molecule has 0 radical (unpaired) electrons. The van der Waals surface area contributed by atoms with Gasteiger partial charge < -0.3 is 23.2 Å². The van der Waals surface area contributed by atoms with Gasteiger partial charge in [0.25, 0.3) is 0 Å². The molecular weight excluding hydrogens is 410 g/mol. The maximum Gasteiger partial charge on any atom is 0.331 e. The van der Waals surface area contributed by atoms with Crippen molar-refractivity contribution in [3.05, 3.63) is 77.0 Å². The Labute approximate surface area is 187 Å². The average Bonchev–Trinajstić information content (AvgIpc) is 3.42. The Hall–Kier alpha value is -3.74. The molecule has 0 unspecified atom stereocenters. The predicted molar refractivity (Wildman–Crippen MR) is 120 cm³/mol. The third kappa shape index (κ3) is 5.49. The summed E-state index contributed by atoms with van der Waals surface area (Å²) in [5.74, 6) is 1.06. The fraction of sp³-hybridized carbons (Fsp3) is 0.280. The summed E-state index contributed by atoms with van der Waals surface area (Å²) < 4.78 is 22.9. The highest BCUT2D eigenvalue weighted by atomic mass is 16.5. The lowest BCUT2D eigenvalue weighted by Crippen LogP contribution is -2.14. The summed E-state index contributed by atoms with van der Waals surface area (Å²) in [4.78, 5) is 24.5. The number of benzene rings is 1. The van der Waals surface area contributed by atoms with Gasteiger partial charge in [0.15, 0.2) is 18.1 Å². The van der Waals surface area contributed by atoms with Crippen LogP contribution in [-0.2, 0) is 22.5 Å². The minimum absolute atomic E-state index is 0.241. The van der Waals surface area contributed by atoms with Gasteiger partial charge in [-0.3, -0.25) is 4.79 Å². The fourth-order valence-corrected chi connectivity index (χ4v) is 3.50. The summed E-state index contributed by atoms with van der Waals surface area (Å²) in [7, 11) is 3.22. The van der Waals surface area contributed by atoms with E-state index in [1.807, 2.05) is 38.1 Å². The lowest BCUT2D eigenvalue weighted by molar-refractivity contribution is -0.136. The molecule has 0 atom stereocenters. The summed E-state index contributed by atoms with van der Waals surface area (Å²) >= 11 is 0. The Kier molecular flexibility index (Phi) is 7.54. The van der Waals surface area contributed by atoms with E-state index >= 15 is 0 Å². The van der Waals surface area contributed by atoms with Gasteiger partial charge in [0.1, 0.15) is 5.76 Å². The molecule has 0 saturated heterocycles. The molecule has 0 aliphatic heterocycles. The molecule has 0 bridgehead atoms. The largest absolute Gasteiger partial charge is 0.493 e. The zero-order valence-electron chi connectivity index (χ0n) is 18.7. The Morgan fingerprint density at radius 2 is 1.84 bits per heavy atom. The third-order valence-electron chi connectivity index (χ3n) is 5.22. The molecular formula is C25H27NO6. The van der Waals surface area contributed by atoms with Crippen LogP contribution in [-0.4, -0.2) is 37.1 Å². The van der Waals surface area contributed by atoms with Gasteiger partial charge in [-0.25, -0.2) is 4.79 Å². The zero-order valence-corrected chi connectivity index (χ0v) is 18.7. The number of ether oxygens (including phenoxy) is 3. The number of carbonyl (C=O) groups excluding carboxylic acids is 2. The Morgan fingerprint density at radius 1 is 1.06 bits per heavy atom. The van der Waals surface area contributed by atoms with Crippen molar-refractivity contribution >= 4 is 17.8 Å². The smallest absolute Gasteiger partial charge is 0.331 e. The van der Waals surface area contributed by atoms with Crippen LogP contribution in [0.3, 0.4) is 0 Å². The molecule has 1 aromatic carbocycles. The van der Waals surface area contributed by atoms with Crippen molar-refractivity contribution in [2.24, 2.45) is 0 Å². The molecule has 7 nitrogen and oxygen atoms in total. The number of esters is 1. The number of aryl methyl sites for hydroxylation is 2. The van der Waals surface area contributed by atoms with Crippen LogP contribution in [0.15, 0.2) is 53.2 Å². The molecule has 2 aromatic heterocycles. The number of ketones is 1. The van der Waals surface area contributed by atoms with Crippen LogP contribution in [0.4, 0.5) is 0 Å². The molecule has 3 aromatic rings. The van der Waals surface area contributed by atoms with E-state index < -0.39 is 5.97 Å². The summed E-state index contributed by atoms with van der Waals surface area (Å²) in [6.07, 6.45) is 5.00. The van der Waals surface area contributed by atoms with E-state index in [2.05, 4.69) is 4.57 Å². The second kappa shape index (κ2) is 10.5. The van der Waals surface area contributed by atoms with Crippen LogP contribution in [0.25, 0.3) is 6.08 Å².